The van der Waals surface area contributed by atoms with Gasteiger partial charge in [-0.1, -0.05) is 24.3 Å². The molecule has 1 amide bonds. The lowest BCUT2D eigenvalue weighted by molar-refractivity contribution is -0.136. The number of piperidine rings is 1. The van der Waals surface area contributed by atoms with E-state index >= 15 is 0 Å². The smallest absolute Gasteiger partial charge is 0.397 e. The highest BCUT2D eigenvalue weighted by molar-refractivity contribution is 7.21. The molecule has 39 heavy (non-hydrogen) atoms. The van der Waals surface area contributed by atoms with Gasteiger partial charge in [0.25, 0.3) is 5.91 Å². The van der Waals surface area contributed by atoms with Crippen LogP contribution in [0.1, 0.15) is 39.7 Å². The van der Waals surface area contributed by atoms with Crippen LogP contribution in [0.3, 0.4) is 0 Å². The monoisotopic (exact) mass is 557 g/mol. The molecule has 0 aliphatic carbocycles. The van der Waals surface area contributed by atoms with E-state index in [1.807, 2.05) is 24.3 Å². The van der Waals surface area contributed by atoms with Crippen molar-refractivity contribution in [1.82, 2.24) is 20.3 Å². The minimum atomic E-state index is -4.68. The van der Waals surface area contributed by atoms with E-state index in [-0.39, 0.29) is 32.6 Å². The Morgan fingerprint density at radius 1 is 1.21 bits per heavy atom. The van der Waals surface area contributed by atoms with Gasteiger partial charge in [0.1, 0.15) is 15.5 Å². The van der Waals surface area contributed by atoms with E-state index < -0.39 is 23.8 Å². The van der Waals surface area contributed by atoms with Crippen LogP contribution in [0.2, 0.25) is 0 Å². The van der Waals surface area contributed by atoms with Gasteiger partial charge in [0.05, 0.1) is 29.2 Å². The average molecular weight is 558 g/mol. The summed E-state index contributed by atoms with van der Waals surface area (Å²) in [6.07, 6.45) is 0.800. The Balaban J connectivity index is 1.22. The number of nitrogens with two attached hydrogens (primary N) is 2. The van der Waals surface area contributed by atoms with Crippen molar-refractivity contribution in [2.45, 2.75) is 31.2 Å². The lowest BCUT2D eigenvalue weighted by Crippen LogP contribution is -2.44. The van der Waals surface area contributed by atoms with Crippen LogP contribution < -0.4 is 21.7 Å². The maximum atomic E-state index is 13.9. The second-order valence-corrected chi connectivity index (χ2v) is 10.3. The summed E-state index contributed by atoms with van der Waals surface area (Å²) in [5, 5.41) is 13.7. The number of pyridine rings is 1. The third kappa shape index (κ3) is 5.65. The zero-order valence-electron chi connectivity index (χ0n) is 20.7. The number of halogens is 3. The number of anilines is 2. The lowest BCUT2D eigenvalue weighted by atomic mass is 10.0. The van der Waals surface area contributed by atoms with Gasteiger partial charge in [-0.15, -0.1) is 11.3 Å². The molecular formula is C26H26F3N7O2S. The predicted octanol–water partition coefficient (Wildman–Crippen LogP) is 3.75. The molecule has 6 N–H and O–H groups in total. The number of nitrogens with one attached hydrogen (secondary N) is 1. The Bertz CT molecular complexity index is 1470. The summed E-state index contributed by atoms with van der Waals surface area (Å²) in [5.41, 5.74) is 12.3. The molecule has 0 spiro atoms. The third-order valence-corrected chi connectivity index (χ3v) is 7.90. The van der Waals surface area contributed by atoms with Crippen LogP contribution in [0, 0.1) is 0 Å². The van der Waals surface area contributed by atoms with E-state index in [4.69, 9.17) is 11.5 Å². The third-order valence-electron chi connectivity index (χ3n) is 6.79. The molecule has 5 rings (SSSR count). The van der Waals surface area contributed by atoms with Crippen LogP contribution >= 0.6 is 11.3 Å². The number of rotatable bonds is 7. The highest BCUT2D eigenvalue weighted by Crippen LogP contribution is 2.43. The molecule has 204 valence electrons. The van der Waals surface area contributed by atoms with Crippen LogP contribution in [0.4, 0.5) is 24.7 Å². The summed E-state index contributed by atoms with van der Waals surface area (Å²) in [7, 11) is 0. The minimum Gasteiger partial charge on any atom is -0.397 e. The van der Waals surface area contributed by atoms with E-state index in [2.05, 4.69) is 20.3 Å². The fourth-order valence-electron chi connectivity index (χ4n) is 4.71. The van der Waals surface area contributed by atoms with Crippen molar-refractivity contribution in [1.29, 1.82) is 0 Å². The SMILES string of the molecule is NC(=O)c1sc2nc(N3CCC(NCC(O)c4ccc(-c5cnccn5)cc4)CC3)cc(C(F)(F)F)c2c1N. The van der Waals surface area contributed by atoms with Crippen molar-refractivity contribution in [3.05, 3.63) is 64.9 Å². The van der Waals surface area contributed by atoms with Gasteiger partial charge in [-0.2, -0.15) is 13.2 Å². The van der Waals surface area contributed by atoms with E-state index in [0.29, 0.717) is 32.5 Å². The number of alkyl halides is 3. The van der Waals surface area contributed by atoms with Gasteiger partial charge >= 0.3 is 6.18 Å². The number of hydrogen-bond donors (Lipinski definition) is 4. The number of amides is 1. The molecule has 1 saturated heterocycles. The molecule has 0 bridgehead atoms. The zero-order chi connectivity index (χ0) is 27.7. The quantitative estimate of drug-likeness (QED) is 0.269. The molecule has 0 radical (unpaired) electrons. The summed E-state index contributed by atoms with van der Waals surface area (Å²) in [6.45, 7) is 1.28. The number of primary amides is 1. The highest BCUT2D eigenvalue weighted by Gasteiger charge is 2.37. The molecule has 4 heterocycles. The number of aromatic nitrogens is 3. The number of benzene rings is 1. The van der Waals surface area contributed by atoms with E-state index in [1.165, 1.54) is 0 Å². The van der Waals surface area contributed by atoms with Crippen LogP contribution in [0.5, 0.6) is 0 Å². The first kappa shape index (κ1) is 26.8. The molecule has 1 unspecified atom stereocenters. The number of hydrogen-bond acceptors (Lipinski definition) is 9. The molecule has 1 atom stereocenters. The largest absolute Gasteiger partial charge is 0.417 e. The van der Waals surface area contributed by atoms with E-state index in [9.17, 15) is 23.1 Å². The minimum absolute atomic E-state index is 0.0276. The van der Waals surface area contributed by atoms with Crippen LogP contribution in [0.25, 0.3) is 21.5 Å². The van der Waals surface area contributed by atoms with Crippen molar-refractivity contribution < 1.29 is 23.1 Å². The van der Waals surface area contributed by atoms with Gasteiger partial charge < -0.3 is 26.8 Å². The number of carbonyl (C=O) groups excluding carboxylic acids is 1. The maximum Gasteiger partial charge on any atom is 0.417 e. The van der Waals surface area contributed by atoms with E-state index in [0.717, 1.165) is 34.2 Å². The maximum absolute atomic E-state index is 13.9. The lowest BCUT2D eigenvalue weighted by Gasteiger charge is -2.34. The highest BCUT2D eigenvalue weighted by atomic mass is 32.1. The fourth-order valence-corrected chi connectivity index (χ4v) is 5.68. The molecule has 1 aliphatic rings. The standard InChI is InChI=1S/C26H26F3N7O2S/c27-26(28,29)17-11-20(35-25-21(17)22(30)23(39-25)24(31)38)36-9-5-16(6-10-36)34-13-19(37)15-3-1-14(2-4-15)18-12-32-7-8-33-18/h1-4,7-8,11-12,16,19,34,37H,5-6,9-10,13,30H2,(H2,31,38). The van der Waals surface area contributed by atoms with Gasteiger partial charge in [0.15, 0.2) is 0 Å². The fraction of sp³-hybridized carbons (Fsp3) is 0.308. The van der Waals surface area contributed by atoms with Crippen LogP contribution in [0.15, 0.2) is 48.9 Å². The second-order valence-electron chi connectivity index (χ2n) is 9.31. The number of carbonyl (C=O) groups is 1. The summed E-state index contributed by atoms with van der Waals surface area (Å²) in [6, 6.07) is 8.53. The molecule has 3 aromatic heterocycles. The van der Waals surface area contributed by atoms with Gasteiger partial charge in [0, 0.05) is 49.0 Å². The number of nitrogen functional groups attached to an aromatic ring is 1. The van der Waals surface area contributed by atoms with Crippen molar-refractivity contribution >= 4 is 39.0 Å². The molecular weight excluding hydrogens is 531 g/mol. The van der Waals surface area contributed by atoms with Crippen molar-refractivity contribution in [3.8, 4) is 11.3 Å². The summed E-state index contributed by atoms with van der Waals surface area (Å²) in [4.78, 5) is 26.1. The Morgan fingerprint density at radius 2 is 1.92 bits per heavy atom. The molecule has 9 nitrogen and oxygen atoms in total. The summed E-state index contributed by atoms with van der Waals surface area (Å²) < 4.78 is 41.7. The molecule has 0 saturated carbocycles. The first-order valence-corrected chi connectivity index (χ1v) is 13.1. The number of aliphatic hydroxyl groups excluding tert-OH is 1. The number of nitrogens with zero attached hydrogens (tertiary/aromatic N) is 4. The summed E-state index contributed by atoms with van der Waals surface area (Å²) >= 11 is 0.766. The van der Waals surface area contributed by atoms with Crippen LogP contribution in [-0.2, 0) is 6.18 Å². The van der Waals surface area contributed by atoms with Gasteiger partial charge in [0.2, 0.25) is 0 Å². The first-order valence-electron chi connectivity index (χ1n) is 12.2. The normalized spacial score (nSPS) is 15.5. The topological polar surface area (TPSA) is 143 Å². The molecule has 13 heteroatoms. The van der Waals surface area contributed by atoms with E-state index in [1.54, 1.807) is 23.5 Å². The second kappa shape index (κ2) is 10.8. The first-order chi connectivity index (χ1) is 18.6. The Hall–Kier alpha value is -3.81. The Morgan fingerprint density at radius 3 is 2.54 bits per heavy atom. The van der Waals surface area contributed by atoms with Gasteiger partial charge in [-0.25, -0.2) is 4.98 Å². The molecule has 4 aromatic rings. The average Bonchev–Trinajstić information content (AvgIpc) is 3.28. The number of fused-ring (bicyclic) bond motifs is 1. The van der Waals surface area contributed by atoms with Crippen LogP contribution in [-0.4, -0.2) is 51.6 Å². The number of aliphatic hydroxyl groups is 1. The van der Waals surface area contributed by atoms with Crippen molar-refractivity contribution in [3.63, 3.8) is 0 Å². The van der Waals surface area contributed by atoms with Gasteiger partial charge in [-0.05, 0) is 24.5 Å². The molecule has 1 fully saturated rings. The van der Waals surface area contributed by atoms with Crippen molar-refractivity contribution in [2.24, 2.45) is 5.73 Å². The zero-order valence-corrected chi connectivity index (χ0v) is 21.5. The summed E-state index contributed by atoms with van der Waals surface area (Å²) in [5.74, 6) is -0.713. The predicted molar refractivity (Wildman–Crippen MR) is 143 cm³/mol. The molecule has 1 aliphatic heterocycles. The Labute approximate surface area is 225 Å². The Kier molecular flexibility index (Phi) is 7.38. The molecule has 1 aromatic carbocycles. The van der Waals surface area contributed by atoms with Crippen molar-refractivity contribution in [2.75, 3.05) is 30.3 Å². The van der Waals surface area contributed by atoms with Gasteiger partial charge in [-0.3, -0.25) is 14.8 Å². The number of thiophene rings is 1.